The van der Waals surface area contributed by atoms with Crippen molar-refractivity contribution in [3.8, 4) is 0 Å². The largest absolute Gasteiger partial charge is 0.318 e. The first-order chi connectivity index (χ1) is 14.0. The van der Waals surface area contributed by atoms with Crippen LogP contribution in [0.25, 0.3) is 10.2 Å². The highest BCUT2D eigenvalue weighted by Crippen LogP contribution is 2.21. The Morgan fingerprint density at radius 2 is 1.72 bits per heavy atom. The predicted molar refractivity (Wildman–Crippen MR) is 113 cm³/mol. The average Bonchev–Trinajstić information content (AvgIpc) is 3.08. The number of aromatic nitrogens is 1. The van der Waals surface area contributed by atoms with Gasteiger partial charge in [-0.15, -0.1) is 5.10 Å². The fraction of sp³-hybridized carbons (Fsp3) is 0.300. The molecule has 7 nitrogen and oxygen atoms in total. The first-order valence-corrected chi connectivity index (χ1v) is 11.7. The Bertz CT molecular complexity index is 1200. The van der Waals surface area contributed by atoms with Gasteiger partial charge in [0, 0.05) is 25.7 Å². The third kappa shape index (κ3) is 3.98. The van der Waals surface area contributed by atoms with Crippen LogP contribution in [-0.4, -0.2) is 36.3 Å². The molecule has 2 aromatic carbocycles. The monoisotopic (exact) mass is 430 g/mol. The lowest BCUT2D eigenvalue weighted by Gasteiger charge is -2.25. The van der Waals surface area contributed by atoms with Gasteiger partial charge in [0.2, 0.25) is 14.8 Å². The third-order valence-electron chi connectivity index (χ3n) is 5.04. The molecule has 0 spiro atoms. The van der Waals surface area contributed by atoms with E-state index in [1.807, 2.05) is 35.9 Å². The molecular formula is C20H22N4O3S2. The van der Waals surface area contributed by atoms with E-state index in [4.69, 9.17) is 0 Å². The predicted octanol–water partition coefficient (Wildman–Crippen LogP) is 2.66. The van der Waals surface area contributed by atoms with E-state index in [1.54, 1.807) is 0 Å². The lowest BCUT2D eigenvalue weighted by Crippen LogP contribution is -2.35. The minimum Gasteiger partial charge on any atom is -0.318 e. The van der Waals surface area contributed by atoms with Crippen LogP contribution in [0.3, 0.4) is 0 Å². The summed E-state index contributed by atoms with van der Waals surface area (Å²) in [6.45, 7) is 1.10. The van der Waals surface area contributed by atoms with Crippen molar-refractivity contribution in [1.82, 2.24) is 14.3 Å². The van der Waals surface area contributed by atoms with Gasteiger partial charge >= 0.3 is 0 Å². The molecule has 0 atom stereocenters. The number of nitrogens with zero attached hydrogens (tertiary/aromatic N) is 3. The number of carbonyl (C=O) groups is 1. The number of rotatable bonds is 4. The van der Waals surface area contributed by atoms with Gasteiger partial charge in [0.25, 0.3) is 5.91 Å². The molecule has 1 saturated heterocycles. The standard InChI is InChI=1S/C20H22N4O3S2/c1-23-17-7-3-4-8-18(17)28-20(23)22-21-19(25)15-9-11-16(12-10-15)29(26,27)24-13-5-2-6-14-24/h3-4,7-12H,2,5-6,13-14H2,1H3,(H,21,25)/b22-20+. The molecule has 1 aliphatic rings. The molecule has 9 heteroatoms. The van der Waals surface area contributed by atoms with Crippen LogP contribution in [0.15, 0.2) is 58.5 Å². The number of amides is 1. The molecule has 0 bridgehead atoms. The summed E-state index contributed by atoms with van der Waals surface area (Å²) in [4.78, 5) is 13.3. The van der Waals surface area contributed by atoms with E-state index in [0.29, 0.717) is 23.5 Å². The number of fused-ring (bicyclic) bond motifs is 1. The van der Waals surface area contributed by atoms with Crippen LogP contribution in [0.4, 0.5) is 0 Å². The van der Waals surface area contributed by atoms with Gasteiger partial charge in [0.05, 0.1) is 15.1 Å². The minimum absolute atomic E-state index is 0.212. The average molecular weight is 431 g/mol. The maximum absolute atomic E-state index is 12.7. The Morgan fingerprint density at radius 3 is 2.41 bits per heavy atom. The zero-order chi connectivity index (χ0) is 20.4. The van der Waals surface area contributed by atoms with Crippen molar-refractivity contribution in [3.63, 3.8) is 0 Å². The van der Waals surface area contributed by atoms with Crippen molar-refractivity contribution in [2.45, 2.75) is 24.2 Å². The van der Waals surface area contributed by atoms with Crippen LogP contribution in [0.2, 0.25) is 0 Å². The molecule has 1 N–H and O–H groups in total. The molecule has 0 unspecified atom stereocenters. The molecule has 0 aliphatic carbocycles. The summed E-state index contributed by atoms with van der Waals surface area (Å²) in [6, 6.07) is 13.9. The smallest absolute Gasteiger partial charge is 0.271 e. The minimum atomic E-state index is -3.50. The first kappa shape index (κ1) is 19.8. The second-order valence-electron chi connectivity index (χ2n) is 6.95. The third-order valence-corrected chi connectivity index (χ3v) is 8.06. The highest BCUT2D eigenvalue weighted by atomic mass is 32.2. The molecule has 2 heterocycles. The normalized spacial score (nSPS) is 16.2. The van der Waals surface area contributed by atoms with Gasteiger partial charge in [0.1, 0.15) is 0 Å². The highest BCUT2D eigenvalue weighted by molar-refractivity contribution is 7.89. The highest BCUT2D eigenvalue weighted by Gasteiger charge is 2.25. The van der Waals surface area contributed by atoms with Gasteiger partial charge in [-0.2, -0.15) is 4.31 Å². The Morgan fingerprint density at radius 1 is 1.03 bits per heavy atom. The van der Waals surface area contributed by atoms with Crippen LogP contribution in [-0.2, 0) is 17.1 Å². The van der Waals surface area contributed by atoms with Crippen molar-refractivity contribution < 1.29 is 13.2 Å². The van der Waals surface area contributed by atoms with Gasteiger partial charge in [-0.3, -0.25) is 4.79 Å². The lowest BCUT2D eigenvalue weighted by atomic mass is 10.2. The number of sulfonamides is 1. The Labute approximate surface area is 173 Å². The molecular weight excluding hydrogens is 408 g/mol. The van der Waals surface area contributed by atoms with Crippen molar-refractivity contribution in [1.29, 1.82) is 0 Å². The number of thiazole rings is 1. The second kappa shape index (κ2) is 8.10. The van der Waals surface area contributed by atoms with E-state index in [1.165, 1.54) is 39.9 Å². The fourth-order valence-electron chi connectivity index (χ4n) is 3.38. The van der Waals surface area contributed by atoms with E-state index >= 15 is 0 Å². The van der Waals surface area contributed by atoms with Crippen LogP contribution in [0.1, 0.15) is 29.6 Å². The summed E-state index contributed by atoms with van der Waals surface area (Å²) in [6.07, 6.45) is 2.83. The second-order valence-corrected chi connectivity index (χ2v) is 9.90. The van der Waals surface area contributed by atoms with Crippen LogP contribution in [0, 0.1) is 0 Å². The van der Waals surface area contributed by atoms with E-state index in [9.17, 15) is 13.2 Å². The van der Waals surface area contributed by atoms with Gasteiger partial charge in [-0.25, -0.2) is 13.8 Å². The molecule has 152 valence electrons. The Hall–Kier alpha value is -2.49. The van der Waals surface area contributed by atoms with Crippen LogP contribution >= 0.6 is 11.3 Å². The van der Waals surface area contributed by atoms with E-state index in [2.05, 4.69) is 10.5 Å². The van der Waals surface area contributed by atoms with Gasteiger partial charge < -0.3 is 4.57 Å². The number of aryl methyl sites for hydroxylation is 1. The molecule has 3 aromatic rings. The van der Waals surface area contributed by atoms with Gasteiger partial charge in [-0.1, -0.05) is 29.9 Å². The summed E-state index contributed by atoms with van der Waals surface area (Å²) < 4.78 is 29.9. The number of hydrogen-bond donors (Lipinski definition) is 1. The first-order valence-electron chi connectivity index (χ1n) is 9.46. The number of carbonyl (C=O) groups excluding carboxylic acids is 1. The van der Waals surface area contributed by atoms with Crippen LogP contribution in [0.5, 0.6) is 0 Å². The van der Waals surface area contributed by atoms with Gasteiger partial charge in [0.15, 0.2) is 0 Å². The molecule has 4 rings (SSSR count). The molecule has 29 heavy (non-hydrogen) atoms. The number of nitrogens with one attached hydrogen (secondary N) is 1. The topological polar surface area (TPSA) is 83.8 Å². The summed E-state index contributed by atoms with van der Waals surface area (Å²) in [5.74, 6) is -0.385. The van der Waals surface area contributed by atoms with Crippen molar-refractivity contribution in [3.05, 3.63) is 58.9 Å². The summed E-state index contributed by atoms with van der Waals surface area (Å²) in [5.41, 5.74) is 3.95. The number of piperidine rings is 1. The maximum atomic E-state index is 12.7. The SMILES string of the molecule is Cn1/c(=N\NC(=O)c2ccc(S(=O)(=O)N3CCCCC3)cc2)sc2ccccc21. The molecule has 1 amide bonds. The number of benzene rings is 2. The van der Waals surface area contributed by atoms with E-state index in [0.717, 1.165) is 29.5 Å². The molecule has 1 fully saturated rings. The summed E-state index contributed by atoms with van der Waals surface area (Å²) in [5, 5.41) is 4.22. The lowest BCUT2D eigenvalue weighted by molar-refractivity contribution is 0.0953. The van der Waals surface area contributed by atoms with E-state index in [-0.39, 0.29) is 10.8 Å². The number of hydrogen-bond acceptors (Lipinski definition) is 5. The maximum Gasteiger partial charge on any atom is 0.271 e. The zero-order valence-electron chi connectivity index (χ0n) is 16.0. The summed E-state index contributed by atoms with van der Waals surface area (Å²) >= 11 is 1.48. The van der Waals surface area contributed by atoms with Crippen molar-refractivity contribution in [2.24, 2.45) is 12.1 Å². The van der Waals surface area contributed by atoms with Crippen molar-refractivity contribution in [2.75, 3.05) is 13.1 Å². The molecule has 0 radical (unpaired) electrons. The van der Waals surface area contributed by atoms with Crippen LogP contribution < -0.4 is 10.2 Å². The Balaban J connectivity index is 1.51. The zero-order valence-corrected chi connectivity index (χ0v) is 17.7. The molecule has 0 saturated carbocycles. The Kier molecular flexibility index (Phi) is 5.53. The quantitative estimate of drug-likeness (QED) is 0.646. The van der Waals surface area contributed by atoms with E-state index < -0.39 is 10.0 Å². The fourth-order valence-corrected chi connectivity index (χ4v) is 5.88. The number of para-hydroxylation sites is 1. The van der Waals surface area contributed by atoms with Crippen molar-refractivity contribution >= 4 is 37.5 Å². The molecule has 1 aliphatic heterocycles. The van der Waals surface area contributed by atoms with Gasteiger partial charge in [-0.05, 0) is 49.2 Å². The molecule has 1 aromatic heterocycles. The summed E-state index contributed by atoms with van der Waals surface area (Å²) in [7, 11) is -1.61.